The molecule has 0 aromatic heterocycles. The fourth-order valence-corrected chi connectivity index (χ4v) is 8.76. The number of hydrogen-bond donors (Lipinski definition) is 3. The predicted octanol–water partition coefficient (Wildman–Crippen LogP) is 15.9. The van der Waals surface area contributed by atoms with Crippen molar-refractivity contribution in [3.05, 3.63) is 85.1 Å². The number of aliphatic hydroxyl groups excluding tert-OH is 2. The first-order chi connectivity index (χ1) is 37.6. The number of hydrogen-bond acceptors (Lipinski definition) is 11. The fourth-order valence-electron chi connectivity index (χ4n) is 8.76. The smallest absolute Gasteiger partial charge is 0.335 e. The molecule has 0 radical (unpaired) electrons. The quantitative estimate of drug-likeness (QED) is 0.0228. The maximum absolute atomic E-state index is 13.1. The summed E-state index contributed by atoms with van der Waals surface area (Å²) in [7, 11) is 0. The molecule has 1 heterocycles. The molecule has 440 valence electrons. The number of aliphatic hydroxyl groups is 2. The number of allylic oxidation sites excluding steroid dienone is 14. The van der Waals surface area contributed by atoms with Gasteiger partial charge >= 0.3 is 23.9 Å². The maximum Gasteiger partial charge on any atom is 0.335 e. The Bertz CT molecular complexity index is 1660. The van der Waals surface area contributed by atoms with E-state index in [4.69, 9.17) is 23.7 Å². The van der Waals surface area contributed by atoms with Gasteiger partial charge in [-0.1, -0.05) is 215 Å². The van der Waals surface area contributed by atoms with E-state index in [1.807, 2.05) is 12.2 Å². The highest BCUT2D eigenvalue weighted by molar-refractivity contribution is 5.74. The van der Waals surface area contributed by atoms with Crippen molar-refractivity contribution in [2.24, 2.45) is 0 Å². The summed E-state index contributed by atoms with van der Waals surface area (Å²) in [5.41, 5.74) is 0. The molecule has 1 saturated heterocycles. The fraction of sp³-hybridized carbons (Fsp3) is 0.723. The number of carbonyl (C=O) groups is 4. The van der Waals surface area contributed by atoms with Gasteiger partial charge in [-0.25, -0.2) is 4.79 Å². The van der Waals surface area contributed by atoms with Crippen molar-refractivity contribution in [1.29, 1.82) is 0 Å². The van der Waals surface area contributed by atoms with Gasteiger partial charge in [0.1, 0.15) is 18.8 Å². The van der Waals surface area contributed by atoms with Crippen LogP contribution in [0.25, 0.3) is 0 Å². The van der Waals surface area contributed by atoms with Crippen molar-refractivity contribution in [3.8, 4) is 0 Å². The minimum absolute atomic E-state index is 0.0377. The lowest BCUT2D eigenvalue weighted by molar-refractivity contribution is -0.301. The molecule has 12 heteroatoms. The van der Waals surface area contributed by atoms with Crippen LogP contribution >= 0.6 is 0 Å². The van der Waals surface area contributed by atoms with Crippen LogP contribution in [0.1, 0.15) is 252 Å². The molecule has 6 unspecified atom stereocenters. The molecule has 0 spiro atoms. The second kappa shape index (κ2) is 52.6. The van der Waals surface area contributed by atoms with Gasteiger partial charge in [0, 0.05) is 19.3 Å². The first-order valence-corrected chi connectivity index (χ1v) is 30.6. The summed E-state index contributed by atoms with van der Waals surface area (Å²) in [5.74, 6) is -3.24. The number of aliphatic carboxylic acids is 1. The Kier molecular flexibility index (Phi) is 48.4. The molecule has 0 aromatic carbocycles. The Morgan fingerprint density at radius 1 is 0.442 bits per heavy atom. The Hall–Kier alpha value is -4.10. The van der Waals surface area contributed by atoms with Gasteiger partial charge < -0.3 is 39.0 Å². The standard InChI is InChI=1S/C65H108O12/c1-4-7-10-13-16-19-22-25-27-29-31-34-36-39-42-45-48-51-57(66)73-54-56(75-58(67)52-49-46-43-40-37-33-24-21-18-15-12-9-6-3)55-74-65-63(61(70)60(69)62(77-65)64(71)72)76-59(68)53-50-47-44-41-38-35-32-30-28-26-23-20-17-14-11-8-5-2/h9,12,17-18,20-21,25-28,33,37,43,46,56,60-63,65,69-70H,4-8,10-11,13-16,19,22-24,29-32,34-36,38-42,44-45,47-55H2,1-3H3,(H,71,72)/b12-9-,20-17-,21-18-,27-25-,28-26-,37-33-,46-43-. The number of unbranched alkanes of at least 4 members (excludes halogenated alkanes) is 23. The Morgan fingerprint density at radius 3 is 1.34 bits per heavy atom. The third kappa shape index (κ3) is 42.5. The lowest BCUT2D eigenvalue weighted by atomic mass is 9.98. The van der Waals surface area contributed by atoms with Crippen molar-refractivity contribution in [3.63, 3.8) is 0 Å². The van der Waals surface area contributed by atoms with E-state index in [2.05, 4.69) is 93.7 Å². The van der Waals surface area contributed by atoms with Crippen molar-refractivity contribution < 1.29 is 58.2 Å². The number of carboxylic acids is 1. The molecular weight excluding hydrogens is 973 g/mol. The van der Waals surface area contributed by atoms with Gasteiger partial charge in [-0.15, -0.1) is 0 Å². The zero-order valence-electron chi connectivity index (χ0n) is 48.4. The first kappa shape index (κ1) is 70.9. The molecular formula is C65H108O12. The van der Waals surface area contributed by atoms with Crippen molar-refractivity contribution >= 4 is 23.9 Å². The van der Waals surface area contributed by atoms with E-state index in [-0.39, 0.29) is 25.9 Å². The van der Waals surface area contributed by atoms with Gasteiger partial charge in [-0.05, 0) is 103 Å². The van der Waals surface area contributed by atoms with E-state index in [0.29, 0.717) is 25.7 Å². The van der Waals surface area contributed by atoms with Crippen LogP contribution in [0.4, 0.5) is 0 Å². The number of ether oxygens (including phenoxy) is 5. The maximum atomic E-state index is 13.1. The van der Waals surface area contributed by atoms with Crippen LogP contribution in [0.2, 0.25) is 0 Å². The molecule has 0 bridgehead atoms. The van der Waals surface area contributed by atoms with E-state index in [9.17, 15) is 34.5 Å². The number of esters is 3. The highest BCUT2D eigenvalue weighted by Crippen LogP contribution is 2.26. The monoisotopic (exact) mass is 1080 g/mol. The number of rotatable bonds is 51. The molecule has 6 atom stereocenters. The van der Waals surface area contributed by atoms with Crippen LogP contribution in [0.5, 0.6) is 0 Å². The summed E-state index contributed by atoms with van der Waals surface area (Å²) in [5, 5.41) is 31.5. The molecule has 1 rings (SSSR count). The molecule has 1 aliphatic rings. The van der Waals surface area contributed by atoms with Crippen molar-refractivity contribution in [2.75, 3.05) is 13.2 Å². The summed E-state index contributed by atoms with van der Waals surface area (Å²) in [6.45, 7) is 5.79. The van der Waals surface area contributed by atoms with Gasteiger partial charge in [0.2, 0.25) is 0 Å². The van der Waals surface area contributed by atoms with Crippen LogP contribution < -0.4 is 0 Å². The topological polar surface area (TPSA) is 175 Å². The van der Waals surface area contributed by atoms with E-state index >= 15 is 0 Å². The van der Waals surface area contributed by atoms with Crippen LogP contribution in [-0.4, -0.2) is 89.2 Å². The Morgan fingerprint density at radius 2 is 0.844 bits per heavy atom. The zero-order chi connectivity index (χ0) is 56.1. The van der Waals surface area contributed by atoms with Crippen LogP contribution in [-0.2, 0) is 42.9 Å². The van der Waals surface area contributed by atoms with Gasteiger partial charge in [-0.2, -0.15) is 0 Å². The van der Waals surface area contributed by atoms with E-state index in [0.717, 1.165) is 109 Å². The Labute approximate surface area is 467 Å². The summed E-state index contributed by atoms with van der Waals surface area (Å²) >= 11 is 0. The summed E-state index contributed by atoms with van der Waals surface area (Å²) in [6.07, 6.45) is 55.6. The largest absolute Gasteiger partial charge is 0.479 e. The summed E-state index contributed by atoms with van der Waals surface area (Å²) in [4.78, 5) is 51.1. The highest BCUT2D eigenvalue weighted by atomic mass is 16.7. The van der Waals surface area contributed by atoms with E-state index in [1.54, 1.807) is 0 Å². The minimum atomic E-state index is -1.92. The molecule has 1 aliphatic heterocycles. The van der Waals surface area contributed by atoms with Gasteiger partial charge in [-0.3, -0.25) is 14.4 Å². The third-order valence-corrected chi connectivity index (χ3v) is 13.4. The van der Waals surface area contributed by atoms with Crippen LogP contribution in [0, 0.1) is 0 Å². The molecule has 77 heavy (non-hydrogen) atoms. The second-order valence-corrected chi connectivity index (χ2v) is 20.6. The minimum Gasteiger partial charge on any atom is -0.479 e. The molecule has 0 amide bonds. The highest BCUT2D eigenvalue weighted by Gasteiger charge is 2.50. The average Bonchev–Trinajstić information content (AvgIpc) is 3.42. The van der Waals surface area contributed by atoms with Crippen molar-refractivity contribution in [2.45, 2.75) is 289 Å². The Balaban J connectivity index is 2.71. The van der Waals surface area contributed by atoms with Crippen LogP contribution in [0.15, 0.2) is 85.1 Å². The number of carboxylic acid groups (broad SMARTS) is 1. The van der Waals surface area contributed by atoms with Crippen molar-refractivity contribution in [1.82, 2.24) is 0 Å². The number of carbonyl (C=O) groups excluding carboxylic acids is 3. The van der Waals surface area contributed by atoms with Gasteiger partial charge in [0.05, 0.1) is 6.61 Å². The van der Waals surface area contributed by atoms with Gasteiger partial charge in [0.15, 0.2) is 24.6 Å². The normalized spacial score (nSPS) is 18.6. The molecule has 3 N–H and O–H groups in total. The molecule has 12 nitrogen and oxygen atoms in total. The van der Waals surface area contributed by atoms with E-state index < -0.39 is 67.3 Å². The SMILES string of the molecule is CC/C=C\C/C=C\C/C=C\C/C=C\CCC(=O)OC(COC(=O)CCCCCCCCC/C=C\CCCCCCCC)COC1OC(C(=O)O)C(O)C(O)C1OC(=O)CCCCCCCCC/C=C\C/C=C\CCCCC. The first-order valence-electron chi connectivity index (χ1n) is 30.6. The molecule has 1 fully saturated rings. The second-order valence-electron chi connectivity index (χ2n) is 20.6. The lowest BCUT2D eigenvalue weighted by Gasteiger charge is -2.40. The molecule has 0 aliphatic carbocycles. The third-order valence-electron chi connectivity index (χ3n) is 13.4. The van der Waals surface area contributed by atoms with Crippen LogP contribution in [0.3, 0.4) is 0 Å². The molecule has 0 saturated carbocycles. The summed E-state index contributed by atoms with van der Waals surface area (Å²) in [6, 6.07) is 0. The summed E-state index contributed by atoms with van der Waals surface area (Å²) < 4.78 is 28.4. The zero-order valence-corrected chi connectivity index (χ0v) is 48.4. The average molecular weight is 1080 g/mol. The lowest BCUT2D eigenvalue weighted by Crippen LogP contribution is -2.61. The molecule has 0 aromatic rings. The predicted molar refractivity (Wildman–Crippen MR) is 312 cm³/mol. The van der Waals surface area contributed by atoms with Gasteiger partial charge in [0.25, 0.3) is 0 Å². The van der Waals surface area contributed by atoms with E-state index in [1.165, 1.54) is 77.0 Å².